The molecule has 1 aromatic carbocycles. The quantitative estimate of drug-likeness (QED) is 0.862. The number of nitrogens with zero attached hydrogens (tertiary/aromatic N) is 4. The number of amides is 1. The topological polar surface area (TPSA) is 88.3 Å². The first-order valence-corrected chi connectivity index (χ1v) is 7.31. The number of carbonyl (C=O) groups excluding carboxylic acids is 1. The van der Waals surface area contributed by atoms with Gasteiger partial charge in [-0.2, -0.15) is 0 Å². The minimum atomic E-state index is -1.24. The summed E-state index contributed by atoms with van der Waals surface area (Å²) in [5, 5.41) is 15.8. The van der Waals surface area contributed by atoms with E-state index in [4.69, 9.17) is 5.11 Å². The van der Waals surface area contributed by atoms with Crippen molar-refractivity contribution < 1.29 is 23.5 Å². The van der Waals surface area contributed by atoms with Gasteiger partial charge in [0, 0.05) is 24.2 Å². The van der Waals surface area contributed by atoms with Crippen molar-refractivity contribution in [3.05, 3.63) is 47.3 Å². The molecule has 0 spiro atoms. The van der Waals surface area contributed by atoms with E-state index in [2.05, 4.69) is 10.3 Å². The van der Waals surface area contributed by atoms with E-state index in [-0.39, 0.29) is 36.3 Å². The molecule has 0 saturated heterocycles. The minimum Gasteiger partial charge on any atom is -0.476 e. The molecule has 126 valence electrons. The first kappa shape index (κ1) is 16.0. The normalized spacial score (nSPS) is 13.8. The van der Waals surface area contributed by atoms with Crippen LogP contribution in [0.2, 0.25) is 0 Å². The molecule has 0 unspecified atom stereocenters. The van der Waals surface area contributed by atoms with Crippen molar-refractivity contribution in [3.8, 4) is 0 Å². The second kappa shape index (κ2) is 6.34. The lowest BCUT2D eigenvalue weighted by atomic mass is 10.2. The largest absolute Gasteiger partial charge is 0.476 e. The van der Waals surface area contributed by atoms with E-state index in [9.17, 15) is 18.4 Å². The number of carbonyl (C=O) groups is 2. The van der Waals surface area contributed by atoms with E-state index in [1.165, 1.54) is 11.0 Å². The van der Waals surface area contributed by atoms with Crippen LogP contribution < -0.4 is 0 Å². The second-order valence-corrected chi connectivity index (χ2v) is 5.60. The molecule has 1 heterocycles. The summed E-state index contributed by atoms with van der Waals surface area (Å²) in [6, 6.07) is 3.24. The van der Waals surface area contributed by atoms with Crippen LogP contribution in [0.25, 0.3) is 0 Å². The summed E-state index contributed by atoms with van der Waals surface area (Å²) in [7, 11) is 0. The van der Waals surface area contributed by atoms with E-state index >= 15 is 0 Å². The standard InChI is InChI=1S/C15H14F2N4O3/c16-10-2-1-9(12(17)5-10)6-21(11-3-4-11)14(22)8-20-7-13(15(23)24)18-19-20/h1-2,5,7,11H,3-4,6,8H2,(H,23,24). The van der Waals surface area contributed by atoms with E-state index in [1.807, 2.05) is 0 Å². The third-order valence-corrected chi connectivity index (χ3v) is 3.72. The smallest absolute Gasteiger partial charge is 0.358 e. The maximum absolute atomic E-state index is 13.8. The molecule has 1 N–H and O–H groups in total. The Kier molecular flexibility index (Phi) is 4.24. The molecule has 2 aromatic rings. The predicted molar refractivity (Wildman–Crippen MR) is 76.9 cm³/mol. The number of aromatic carboxylic acids is 1. The number of carboxylic acid groups (broad SMARTS) is 1. The van der Waals surface area contributed by atoms with E-state index < -0.39 is 17.6 Å². The van der Waals surface area contributed by atoms with Gasteiger partial charge < -0.3 is 10.0 Å². The molecular weight excluding hydrogens is 322 g/mol. The molecule has 1 aromatic heterocycles. The molecule has 9 heteroatoms. The zero-order valence-corrected chi connectivity index (χ0v) is 12.5. The Hall–Kier alpha value is -2.84. The van der Waals surface area contributed by atoms with E-state index in [0.29, 0.717) is 0 Å². The molecule has 7 nitrogen and oxygen atoms in total. The first-order chi connectivity index (χ1) is 11.4. The highest BCUT2D eigenvalue weighted by Crippen LogP contribution is 2.29. The fraction of sp³-hybridized carbons (Fsp3) is 0.333. The van der Waals surface area contributed by atoms with Gasteiger partial charge in [-0.25, -0.2) is 18.3 Å². The SMILES string of the molecule is O=C(O)c1cn(CC(=O)N(Cc2ccc(F)cc2F)C2CC2)nn1. The predicted octanol–water partition coefficient (Wildman–Crippen LogP) is 1.45. The third kappa shape index (κ3) is 3.55. The lowest BCUT2D eigenvalue weighted by Gasteiger charge is -2.22. The average molecular weight is 336 g/mol. The molecule has 0 atom stereocenters. The maximum atomic E-state index is 13.8. The van der Waals surface area contributed by atoms with Gasteiger partial charge in [0.1, 0.15) is 18.2 Å². The number of carboxylic acids is 1. The highest BCUT2D eigenvalue weighted by molar-refractivity contribution is 5.84. The summed E-state index contributed by atoms with van der Waals surface area (Å²) in [6.45, 7) is -0.171. The summed E-state index contributed by atoms with van der Waals surface area (Å²) in [5.41, 5.74) is -0.0354. The first-order valence-electron chi connectivity index (χ1n) is 7.31. The van der Waals surface area contributed by atoms with Crippen molar-refractivity contribution in [2.75, 3.05) is 0 Å². The summed E-state index contributed by atoms with van der Waals surface area (Å²) in [4.78, 5) is 24.7. The van der Waals surface area contributed by atoms with E-state index in [1.54, 1.807) is 0 Å². The molecule has 0 bridgehead atoms. The molecule has 1 amide bonds. The Morgan fingerprint density at radius 3 is 2.67 bits per heavy atom. The van der Waals surface area contributed by atoms with Crippen LogP contribution in [0.15, 0.2) is 24.4 Å². The van der Waals surface area contributed by atoms with Gasteiger partial charge in [-0.3, -0.25) is 4.79 Å². The summed E-state index contributed by atoms with van der Waals surface area (Å²) in [5.74, 6) is -2.95. The summed E-state index contributed by atoms with van der Waals surface area (Å²) >= 11 is 0. The van der Waals surface area contributed by atoms with Gasteiger partial charge in [-0.15, -0.1) is 5.10 Å². The average Bonchev–Trinajstić information content (AvgIpc) is 3.24. The van der Waals surface area contributed by atoms with Crippen LogP contribution >= 0.6 is 0 Å². The zero-order valence-electron chi connectivity index (χ0n) is 12.5. The number of benzene rings is 1. The van der Waals surface area contributed by atoms with Crippen LogP contribution in [0.3, 0.4) is 0 Å². The van der Waals surface area contributed by atoms with Crippen LogP contribution in [0.5, 0.6) is 0 Å². The monoisotopic (exact) mass is 336 g/mol. The Bertz CT molecular complexity index is 789. The van der Waals surface area contributed by atoms with Gasteiger partial charge in [-0.05, 0) is 18.9 Å². The number of hydrogen-bond acceptors (Lipinski definition) is 4. The van der Waals surface area contributed by atoms with Gasteiger partial charge in [-0.1, -0.05) is 11.3 Å². The molecule has 1 saturated carbocycles. The molecule has 1 aliphatic rings. The van der Waals surface area contributed by atoms with Crippen molar-refractivity contribution in [3.63, 3.8) is 0 Å². The van der Waals surface area contributed by atoms with Crippen molar-refractivity contribution in [1.29, 1.82) is 0 Å². The van der Waals surface area contributed by atoms with Crippen LogP contribution in [0, 0.1) is 11.6 Å². The maximum Gasteiger partial charge on any atom is 0.358 e. The lowest BCUT2D eigenvalue weighted by Crippen LogP contribution is -2.35. The van der Waals surface area contributed by atoms with Crippen molar-refractivity contribution >= 4 is 11.9 Å². The Morgan fingerprint density at radius 2 is 2.08 bits per heavy atom. The van der Waals surface area contributed by atoms with Gasteiger partial charge in [0.05, 0.1) is 6.20 Å². The fourth-order valence-corrected chi connectivity index (χ4v) is 2.34. The molecule has 3 rings (SSSR count). The third-order valence-electron chi connectivity index (χ3n) is 3.72. The van der Waals surface area contributed by atoms with Crippen LogP contribution in [0.4, 0.5) is 8.78 Å². The van der Waals surface area contributed by atoms with E-state index in [0.717, 1.165) is 35.9 Å². The number of hydrogen-bond donors (Lipinski definition) is 1. The van der Waals surface area contributed by atoms with Gasteiger partial charge >= 0.3 is 5.97 Å². The van der Waals surface area contributed by atoms with Crippen molar-refractivity contribution in [2.45, 2.75) is 32.0 Å². The fourth-order valence-electron chi connectivity index (χ4n) is 2.34. The van der Waals surface area contributed by atoms with Gasteiger partial charge in [0.25, 0.3) is 0 Å². The molecule has 24 heavy (non-hydrogen) atoms. The molecular formula is C15H14F2N4O3. The summed E-state index contributed by atoms with van der Waals surface area (Å²) < 4.78 is 27.9. The Labute approximate surface area is 135 Å². The number of aromatic nitrogens is 3. The van der Waals surface area contributed by atoms with Crippen molar-refractivity contribution in [2.24, 2.45) is 0 Å². The van der Waals surface area contributed by atoms with Crippen LogP contribution in [-0.4, -0.2) is 42.9 Å². The van der Waals surface area contributed by atoms with Crippen molar-refractivity contribution in [1.82, 2.24) is 19.9 Å². The zero-order chi connectivity index (χ0) is 17.3. The Morgan fingerprint density at radius 1 is 1.33 bits per heavy atom. The number of rotatable bonds is 6. The van der Waals surface area contributed by atoms with Crippen LogP contribution in [0.1, 0.15) is 28.9 Å². The minimum absolute atomic E-state index is 0.00409. The van der Waals surface area contributed by atoms with Gasteiger partial charge in [0.15, 0.2) is 5.69 Å². The Balaban J connectivity index is 1.72. The second-order valence-electron chi connectivity index (χ2n) is 5.60. The molecule has 0 aliphatic heterocycles. The summed E-state index contributed by atoms with van der Waals surface area (Å²) in [6.07, 6.45) is 2.78. The lowest BCUT2D eigenvalue weighted by molar-refractivity contribution is -0.133. The van der Waals surface area contributed by atoms with Gasteiger partial charge in [0.2, 0.25) is 5.91 Å². The van der Waals surface area contributed by atoms with Crippen LogP contribution in [-0.2, 0) is 17.9 Å². The molecule has 0 radical (unpaired) electrons. The number of halogens is 2. The molecule has 1 aliphatic carbocycles. The highest BCUT2D eigenvalue weighted by Gasteiger charge is 2.33. The molecule has 1 fully saturated rings. The highest BCUT2D eigenvalue weighted by atomic mass is 19.1.